The van der Waals surface area contributed by atoms with E-state index in [0.29, 0.717) is 0 Å². The van der Waals surface area contributed by atoms with Crippen molar-refractivity contribution in [3.63, 3.8) is 0 Å². The molecule has 2 aliphatic heterocycles. The van der Waals surface area contributed by atoms with E-state index in [1.165, 1.54) is 11.1 Å². The Labute approximate surface area is 144 Å². The number of carbonyl (C=O) groups is 1. The molecular weight excluding hydrogens is 302 g/mol. The van der Waals surface area contributed by atoms with Gasteiger partial charge in [-0.15, -0.1) is 0 Å². The molecule has 1 fully saturated rings. The van der Waals surface area contributed by atoms with Crippen LogP contribution in [0.2, 0.25) is 0 Å². The molecule has 3 rings (SSSR count). The van der Waals surface area contributed by atoms with Crippen LogP contribution in [-0.2, 0) is 4.74 Å². The van der Waals surface area contributed by atoms with Gasteiger partial charge in [-0.2, -0.15) is 0 Å². The van der Waals surface area contributed by atoms with E-state index < -0.39 is 5.60 Å². The third kappa shape index (κ3) is 3.58. The predicted octanol–water partition coefficient (Wildman–Crippen LogP) is 4.64. The molecule has 2 bridgehead atoms. The number of methoxy groups -OCH3 is 1. The summed E-state index contributed by atoms with van der Waals surface area (Å²) in [4.78, 5) is 14.6. The Hall–Kier alpha value is -1.97. The zero-order valence-corrected chi connectivity index (χ0v) is 15.0. The van der Waals surface area contributed by atoms with E-state index >= 15 is 0 Å². The monoisotopic (exact) mass is 329 g/mol. The van der Waals surface area contributed by atoms with Gasteiger partial charge in [0.15, 0.2) is 0 Å². The van der Waals surface area contributed by atoms with Crippen LogP contribution in [0.4, 0.5) is 4.79 Å². The Kier molecular flexibility index (Phi) is 4.57. The minimum absolute atomic E-state index is 0.133. The highest BCUT2D eigenvalue weighted by Gasteiger charge is 2.39. The molecule has 4 heteroatoms. The molecule has 2 aliphatic rings. The summed E-state index contributed by atoms with van der Waals surface area (Å²) in [6.07, 6.45) is 6.15. The number of carbonyl (C=O) groups excluding carboxylic acids is 1. The van der Waals surface area contributed by atoms with Crippen molar-refractivity contribution < 1.29 is 14.3 Å². The third-order valence-electron chi connectivity index (χ3n) is 4.68. The Morgan fingerprint density at radius 1 is 1.25 bits per heavy atom. The number of nitrogens with zero attached hydrogens (tertiary/aromatic N) is 1. The predicted molar refractivity (Wildman–Crippen MR) is 95.1 cm³/mol. The molecule has 1 aromatic rings. The van der Waals surface area contributed by atoms with Crippen LogP contribution in [-0.4, -0.2) is 35.8 Å². The molecule has 0 N–H and O–H groups in total. The number of hydrogen-bond acceptors (Lipinski definition) is 3. The number of hydrogen-bond donors (Lipinski definition) is 0. The lowest BCUT2D eigenvalue weighted by Crippen LogP contribution is -2.53. The maximum atomic E-state index is 12.6. The fourth-order valence-corrected chi connectivity index (χ4v) is 3.67. The molecule has 2 heterocycles. The standard InChI is InChI=1S/C20H27NO3/c1-20(2,3)24-19(22)21-16-8-6-9-17(21)12-15(11-16)14-7-5-10-18(13-14)23-4/h5,7,10-11,13,16-17H,6,8-9,12H2,1-4H3. The van der Waals surface area contributed by atoms with Crippen LogP contribution in [0.25, 0.3) is 5.57 Å². The topological polar surface area (TPSA) is 38.8 Å². The van der Waals surface area contributed by atoms with Gasteiger partial charge in [0.25, 0.3) is 0 Å². The molecule has 1 saturated heterocycles. The summed E-state index contributed by atoms with van der Waals surface area (Å²) in [6, 6.07) is 8.53. The van der Waals surface area contributed by atoms with Gasteiger partial charge < -0.3 is 9.47 Å². The number of ether oxygens (including phenoxy) is 2. The second-order valence-electron chi connectivity index (χ2n) is 7.67. The number of rotatable bonds is 2. The highest BCUT2D eigenvalue weighted by atomic mass is 16.6. The maximum Gasteiger partial charge on any atom is 0.411 e. The second-order valence-corrected chi connectivity index (χ2v) is 7.67. The maximum absolute atomic E-state index is 12.6. The summed E-state index contributed by atoms with van der Waals surface area (Å²) in [5.41, 5.74) is 2.04. The first-order valence-electron chi connectivity index (χ1n) is 8.74. The smallest absolute Gasteiger partial charge is 0.411 e. The lowest BCUT2D eigenvalue weighted by atomic mass is 9.83. The lowest BCUT2D eigenvalue weighted by molar-refractivity contribution is 0.0000837. The number of amides is 1. The first-order valence-corrected chi connectivity index (χ1v) is 8.74. The molecule has 24 heavy (non-hydrogen) atoms. The molecule has 1 aromatic carbocycles. The second kappa shape index (κ2) is 6.50. The average Bonchev–Trinajstić information content (AvgIpc) is 2.52. The quantitative estimate of drug-likeness (QED) is 0.793. The SMILES string of the molecule is COc1cccc(C2=CC3CCCC(C2)N3C(=O)OC(C)(C)C)c1. The minimum Gasteiger partial charge on any atom is -0.497 e. The Balaban J connectivity index is 1.85. The van der Waals surface area contributed by atoms with Gasteiger partial charge in [0.1, 0.15) is 11.4 Å². The Morgan fingerprint density at radius 3 is 2.71 bits per heavy atom. The molecule has 0 aliphatic carbocycles. The molecule has 4 nitrogen and oxygen atoms in total. The van der Waals surface area contributed by atoms with E-state index in [-0.39, 0.29) is 18.2 Å². The van der Waals surface area contributed by atoms with Gasteiger partial charge in [-0.1, -0.05) is 18.2 Å². The zero-order chi connectivity index (χ0) is 17.3. The summed E-state index contributed by atoms with van der Waals surface area (Å²) in [5, 5.41) is 0. The summed E-state index contributed by atoms with van der Waals surface area (Å²) >= 11 is 0. The highest BCUT2D eigenvalue weighted by Crippen LogP contribution is 2.38. The summed E-state index contributed by atoms with van der Waals surface area (Å²) in [6.45, 7) is 5.76. The Bertz CT molecular complexity index is 645. The molecule has 0 aromatic heterocycles. The van der Waals surface area contributed by atoms with Gasteiger partial charge in [-0.05, 0) is 69.7 Å². The van der Waals surface area contributed by atoms with Gasteiger partial charge in [-0.3, -0.25) is 4.90 Å². The van der Waals surface area contributed by atoms with E-state index in [2.05, 4.69) is 18.2 Å². The number of benzene rings is 1. The molecular formula is C20H27NO3. The molecule has 0 radical (unpaired) electrons. The van der Waals surface area contributed by atoms with Crippen LogP contribution < -0.4 is 4.74 Å². The molecule has 130 valence electrons. The van der Waals surface area contributed by atoms with Crippen molar-refractivity contribution in [2.45, 2.75) is 64.1 Å². The van der Waals surface area contributed by atoms with Crippen molar-refractivity contribution in [1.29, 1.82) is 0 Å². The molecule has 2 unspecified atom stereocenters. The van der Waals surface area contributed by atoms with E-state index in [9.17, 15) is 4.79 Å². The highest BCUT2D eigenvalue weighted by molar-refractivity contribution is 5.75. The van der Waals surface area contributed by atoms with E-state index in [0.717, 1.165) is 31.4 Å². The minimum atomic E-state index is -0.456. The van der Waals surface area contributed by atoms with Crippen molar-refractivity contribution >= 4 is 11.7 Å². The largest absolute Gasteiger partial charge is 0.497 e. The van der Waals surface area contributed by atoms with Crippen LogP contribution in [0.3, 0.4) is 0 Å². The fourth-order valence-electron chi connectivity index (χ4n) is 3.67. The number of piperidine rings is 1. The first kappa shape index (κ1) is 16.9. The Morgan fingerprint density at radius 2 is 2.04 bits per heavy atom. The molecule has 0 saturated carbocycles. The molecule has 1 amide bonds. The van der Waals surface area contributed by atoms with Gasteiger partial charge in [0.05, 0.1) is 13.2 Å². The zero-order valence-electron chi connectivity index (χ0n) is 15.0. The van der Waals surface area contributed by atoms with Crippen molar-refractivity contribution in [2.75, 3.05) is 7.11 Å². The van der Waals surface area contributed by atoms with Crippen LogP contribution in [0.1, 0.15) is 52.0 Å². The first-order chi connectivity index (χ1) is 11.4. The van der Waals surface area contributed by atoms with Crippen molar-refractivity contribution in [3.8, 4) is 5.75 Å². The molecule has 0 spiro atoms. The summed E-state index contributed by atoms with van der Waals surface area (Å²) < 4.78 is 11.0. The number of fused-ring (bicyclic) bond motifs is 2. The van der Waals surface area contributed by atoms with Crippen molar-refractivity contribution in [1.82, 2.24) is 4.90 Å². The van der Waals surface area contributed by atoms with Gasteiger partial charge in [-0.25, -0.2) is 4.79 Å². The third-order valence-corrected chi connectivity index (χ3v) is 4.68. The van der Waals surface area contributed by atoms with Gasteiger partial charge in [0.2, 0.25) is 0 Å². The normalized spacial score (nSPS) is 23.5. The van der Waals surface area contributed by atoms with Crippen LogP contribution in [0.15, 0.2) is 30.3 Å². The van der Waals surface area contributed by atoms with Gasteiger partial charge >= 0.3 is 6.09 Å². The van der Waals surface area contributed by atoms with Crippen LogP contribution >= 0.6 is 0 Å². The summed E-state index contributed by atoms with van der Waals surface area (Å²) in [7, 11) is 1.69. The van der Waals surface area contributed by atoms with Crippen molar-refractivity contribution in [2.24, 2.45) is 0 Å². The van der Waals surface area contributed by atoms with Gasteiger partial charge in [0, 0.05) is 6.04 Å². The van der Waals surface area contributed by atoms with E-state index in [1.807, 2.05) is 37.8 Å². The van der Waals surface area contributed by atoms with Crippen molar-refractivity contribution in [3.05, 3.63) is 35.9 Å². The van der Waals surface area contributed by atoms with Crippen LogP contribution in [0.5, 0.6) is 5.75 Å². The van der Waals surface area contributed by atoms with E-state index in [4.69, 9.17) is 9.47 Å². The fraction of sp³-hybridized carbons (Fsp3) is 0.550. The van der Waals surface area contributed by atoms with E-state index in [1.54, 1.807) is 7.11 Å². The molecule has 2 atom stereocenters. The summed E-state index contributed by atoms with van der Waals surface area (Å²) in [5.74, 6) is 0.869. The van der Waals surface area contributed by atoms with Crippen LogP contribution in [0, 0.1) is 0 Å². The lowest BCUT2D eigenvalue weighted by Gasteiger charge is -2.45. The average molecular weight is 329 g/mol.